The fraction of sp³-hybridized carbons (Fsp3) is 0.643. The van der Waals surface area contributed by atoms with Crippen molar-refractivity contribution >= 4 is 11.2 Å². The van der Waals surface area contributed by atoms with Gasteiger partial charge < -0.3 is 9.67 Å². The molecule has 7 heteroatoms. The second-order valence-corrected chi connectivity index (χ2v) is 5.14. The number of hydrogen-bond donors (Lipinski definition) is 1. The summed E-state index contributed by atoms with van der Waals surface area (Å²) in [6.07, 6.45) is 4.90. The first-order chi connectivity index (χ1) is 10.1. The van der Waals surface area contributed by atoms with E-state index in [2.05, 4.69) is 4.98 Å². The number of rotatable bonds is 7. The van der Waals surface area contributed by atoms with E-state index in [4.69, 9.17) is 5.11 Å². The molecular weight excluding hydrogens is 272 g/mol. The molecule has 0 unspecified atom stereocenters. The van der Waals surface area contributed by atoms with Gasteiger partial charge in [-0.25, -0.2) is 9.78 Å². The van der Waals surface area contributed by atoms with Crippen LogP contribution in [0.2, 0.25) is 0 Å². The van der Waals surface area contributed by atoms with Gasteiger partial charge in [-0.15, -0.1) is 0 Å². The lowest BCUT2D eigenvalue weighted by Crippen LogP contribution is -2.39. The van der Waals surface area contributed by atoms with E-state index in [0.29, 0.717) is 24.3 Å². The molecule has 2 aromatic heterocycles. The van der Waals surface area contributed by atoms with Crippen molar-refractivity contribution < 1.29 is 5.11 Å². The highest BCUT2D eigenvalue weighted by atomic mass is 16.3. The normalized spacial score (nSPS) is 11.4. The Kier molecular flexibility index (Phi) is 4.95. The molecule has 0 aliphatic rings. The average Bonchev–Trinajstić information content (AvgIpc) is 2.92. The van der Waals surface area contributed by atoms with Gasteiger partial charge in [0.25, 0.3) is 5.56 Å². The monoisotopic (exact) mass is 294 g/mol. The minimum absolute atomic E-state index is 0.184. The average molecular weight is 294 g/mol. The molecule has 0 fully saturated rings. The number of aliphatic hydroxyl groups excluding tert-OH is 1. The SMILES string of the molecule is CCn1cnc2c1c(=O)n(CCCCCCO)c(=O)n2C. The number of imidazole rings is 1. The second-order valence-electron chi connectivity index (χ2n) is 5.14. The van der Waals surface area contributed by atoms with E-state index < -0.39 is 0 Å². The van der Waals surface area contributed by atoms with Gasteiger partial charge in [-0.3, -0.25) is 13.9 Å². The molecule has 2 heterocycles. The lowest BCUT2D eigenvalue weighted by atomic mass is 10.2. The summed E-state index contributed by atoms with van der Waals surface area (Å²) in [6, 6.07) is 0. The number of hydrogen-bond acceptors (Lipinski definition) is 4. The maximum absolute atomic E-state index is 12.5. The van der Waals surface area contributed by atoms with E-state index in [1.165, 1.54) is 9.13 Å². The van der Waals surface area contributed by atoms with E-state index >= 15 is 0 Å². The molecule has 116 valence electrons. The van der Waals surface area contributed by atoms with Crippen molar-refractivity contribution in [1.29, 1.82) is 0 Å². The fourth-order valence-electron chi connectivity index (χ4n) is 2.49. The molecule has 0 spiro atoms. The van der Waals surface area contributed by atoms with Gasteiger partial charge in [0.1, 0.15) is 0 Å². The molecule has 21 heavy (non-hydrogen) atoms. The number of aliphatic hydroxyl groups is 1. The van der Waals surface area contributed by atoms with Crippen LogP contribution in [0, 0.1) is 0 Å². The minimum atomic E-state index is -0.323. The van der Waals surface area contributed by atoms with E-state index in [9.17, 15) is 9.59 Å². The van der Waals surface area contributed by atoms with Gasteiger partial charge >= 0.3 is 5.69 Å². The molecule has 2 rings (SSSR count). The molecule has 2 aromatic rings. The lowest BCUT2D eigenvalue weighted by molar-refractivity contribution is 0.282. The van der Waals surface area contributed by atoms with Crippen molar-refractivity contribution in [2.45, 2.75) is 45.7 Å². The molecular formula is C14H22N4O3. The molecule has 0 atom stereocenters. The Labute approximate surface area is 122 Å². The van der Waals surface area contributed by atoms with Gasteiger partial charge in [-0.05, 0) is 19.8 Å². The first kappa shape index (κ1) is 15.5. The van der Waals surface area contributed by atoms with Crippen molar-refractivity contribution in [3.05, 3.63) is 27.2 Å². The highest BCUT2D eigenvalue weighted by Gasteiger charge is 2.15. The topological polar surface area (TPSA) is 82.1 Å². The first-order valence-electron chi connectivity index (χ1n) is 7.37. The molecule has 0 radical (unpaired) electrons. The number of unbranched alkanes of at least 4 members (excludes halogenated alkanes) is 3. The molecule has 0 bridgehead atoms. The van der Waals surface area contributed by atoms with Gasteiger partial charge in [0.05, 0.1) is 6.33 Å². The van der Waals surface area contributed by atoms with E-state index in [-0.39, 0.29) is 17.9 Å². The molecule has 0 aliphatic carbocycles. The summed E-state index contributed by atoms with van der Waals surface area (Å²) in [5, 5.41) is 8.74. The number of nitrogens with zero attached hydrogens (tertiary/aromatic N) is 4. The van der Waals surface area contributed by atoms with Gasteiger partial charge in [-0.2, -0.15) is 0 Å². The smallest absolute Gasteiger partial charge is 0.332 e. The zero-order valence-corrected chi connectivity index (χ0v) is 12.6. The van der Waals surface area contributed by atoms with Crippen molar-refractivity contribution in [2.24, 2.45) is 7.05 Å². The highest BCUT2D eigenvalue weighted by molar-refractivity contribution is 5.69. The van der Waals surface area contributed by atoms with Crippen LogP contribution in [0.1, 0.15) is 32.6 Å². The molecule has 0 saturated carbocycles. The Balaban J connectivity index is 2.35. The summed E-state index contributed by atoms with van der Waals surface area (Å²) in [5.74, 6) is 0. The van der Waals surface area contributed by atoms with Crippen molar-refractivity contribution in [1.82, 2.24) is 18.7 Å². The van der Waals surface area contributed by atoms with Crippen LogP contribution in [0.4, 0.5) is 0 Å². The molecule has 1 N–H and O–H groups in total. The molecule has 7 nitrogen and oxygen atoms in total. The predicted molar refractivity (Wildman–Crippen MR) is 80.5 cm³/mol. The summed E-state index contributed by atoms with van der Waals surface area (Å²) in [5.41, 5.74) is 0.323. The molecule has 0 saturated heterocycles. The summed E-state index contributed by atoms with van der Waals surface area (Å²) in [6.45, 7) is 3.16. The van der Waals surface area contributed by atoms with Crippen molar-refractivity contribution in [3.8, 4) is 0 Å². The van der Waals surface area contributed by atoms with Gasteiger partial charge in [-0.1, -0.05) is 12.8 Å². The Morgan fingerprint density at radius 1 is 1.19 bits per heavy atom. The lowest BCUT2D eigenvalue weighted by Gasteiger charge is -2.09. The third-order valence-electron chi connectivity index (χ3n) is 3.73. The minimum Gasteiger partial charge on any atom is -0.396 e. The number of aryl methyl sites for hydroxylation is 2. The summed E-state index contributed by atoms with van der Waals surface area (Å²) in [7, 11) is 1.64. The maximum atomic E-state index is 12.5. The van der Waals surface area contributed by atoms with Crippen LogP contribution in [0.5, 0.6) is 0 Å². The largest absolute Gasteiger partial charge is 0.396 e. The number of fused-ring (bicyclic) bond motifs is 1. The van der Waals surface area contributed by atoms with Crippen LogP contribution >= 0.6 is 0 Å². The van der Waals surface area contributed by atoms with Crippen molar-refractivity contribution in [3.63, 3.8) is 0 Å². The molecule has 0 amide bonds. The fourth-order valence-corrected chi connectivity index (χ4v) is 2.49. The van der Waals surface area contributed by atoms with Crippen LogP contribution in [0.25, 0.3) is 11.2 Å². The zero-order valence-electron chi connectivity index (χ0n) is 12.6. The zero-order chi connectivity index (χ0) is 15.4. The first-order valence-corrected chi connectivity index (χ1v) is 7.37. The van der Waals surface area contributed by atoms with E-state index in [1.54, 1.807) is 17.9 Å². The third kappa shape index (κ3) is 2.92. The highest BCUT2D eigenvalue weighted by Crippen LogP contribution is 2.06. The number of aromatic nitrogens is 4. The van der Waals surface area contributed by atoms with Crippen molar-refractivity contribution in [2.75, 3.05) is 6.61 Å². The van der Waals surface area contributed by atoms with Crippen LogP contribution in [0.15, 0.2) is 15.9 Å². The Bertz CT molecular complexity index is 726. The second kappa shape index (κ2) is 6.71. The maximum Gasteiger partial charge on any atom is 0.332 e. The third-order valence-corrected chi connectivity index (χ3v) is 3.73. The molecule has 0 aliphatic heterocycles. The quantitative estimate of drug-likeness (QED) is 0.753. The van der Waals surface area contributed by atoms with Gasteiger partial charge in [0, 0.05) is 26.7 Å². The van der Waals surface area contributed by atoms with E-state index in [0.717, 1.165) is 25.7 Å². The Morgan fingerprint density at radius 3 is 2.57 bits per heavy atom. The Morgan fingerprint density at radius 2 is 1.90 bits per heavy atom. The van der Waals surface area contributed by atoms with Gasteiger partial charge in [0.15, 0.2) is 11.2 Å². The van der Waals surface area contributed by atoms with Crippen LogP contribution in [-0.2, 0) is 20.1 Å². The summed E-state index contributed by atoms with van der Waals surface area (Å²) < 4.78 is 4.48. The van der Waals surface area contributed by atoms with Crippen LogP contribution in [-0.4, -0.2) is 30.4 Å². The summed E-state index contributed by atoms with van der Waals surface area (Å²) >= 11 is 0. The van der Waals surface area contributed by atoms with E-state index in [1.807, 2.05) is 6.92 Å². The predicted octanol–water partition coefficient (Wildman–Crippen LogP) is 0.469. The Hall–Kier alpha value is -1.89. The summed E-state index contributed by atoms with van der Waals surface area (Å²) in [4.78, 5) is 28.9. The standard InChI is InChI=1S/C14H22N4O3/c1-3-17-10-15-12-11(17)13(20)18(14(21)16(12)2)8-6-4-5-7-9-19/h10,19H,3-9H2,1-2H3. The van der Waals surface area contributed by atoms with Crippen LogP contribution < -0.4 is 11.2 Å². The molecule has 0 aromatic carbocycles. The van der Waals surface area contributed by atoms with Gasteiger partial charge in [0.2, 0.25) is 0 Å². The van der Waals surface area contributed by atoms with Crippen LogP contribution in [0.3, 0.4) is 0 Å².